The van der Waals surface area contributed by atoms with Gasteiger partial charge in [0.15, 0.2) is 23.1 Å². The highest BCUT2D eigenvalue weighted by Crippen LogP contribution is 2.34. The summed E-state index contributed by atoms with van der Waals surface area (Å²) >= 11 is 0. The second kappa shape index (κ2) is 26.4. The van der Waals surface area contributed by atoms with Gasteiger partial charge in [-0.2, -0.15) is 0 Å². The van der Waals surface area contributed by atoms with Crippen LogP contribution in [0.25, 0.3) is 4.85 Å². The Morgan fingerprint density at radius 3 is 1.38 bits per heavy atom. The van der Waals surface area contributed by atoms with E-state index in [-0.39, 0.29) is 53.9 Å². The normalized spacial score (nSPS) is 18.8. The third-order valence-electron chi connectivity index (χ3n) is 13.0. The lowest BCUT2D eigenvalue weighted by Crippen LogP contribution is -2.56. The van der Waals surface area contributed by atoms with E-state index in [9.17, 15) is 28.8 Å². The van der Waals surface area contributed by atoms with E-state index in [2.05, 4.69) is 20.6 Å². The average Bonchev–Trinajstić information content (AvgIpc) is 3.38. The molecule has 2 saturated heterocycles. The van der Waals surface area contributed by atoms with Gasteiger partial charge in [0.1, 0.15) is 23.3 Å². The fourth-order valence-corrected chi connectivity index (χ4v) is 8.95. The highest BCUT2D eigenvalue weighted by atomic mass is 16.6. The Morgan fingerprint density at radius 1 is 0.649 bits per heavy atom. The molecule has 4 amide bonds. The molecule has 0 radical (unpaired) electrons. The minimum Gasteiger partial charge on any atom is -0.444 e. The van der Waals surface area contributed by atoms with E-state index in [1.54, 1.807) is 79.7 Å². The fourth-order valence-electron chi connectivity index (χ4n) is 8.95. The van der Waals surface area contributed by atoms with Gasteiger partial charge in [-0.25, -0.2) is 14.4 Å². The number of nitrogens with two attached hydrogens (primary N) is 1. The van der Waals surface area contributed by atoms with Gasteiger partial charge in [-0.05, 0) is 122 Å². The van der Waals surface area contributed by atoms with Crippen LogP contribution in [0.15, 0.2) is 114 Å². The smallest absolute Gasteiger partial charge is 0.410 e. The van der Waals surface area contributed by atoms with Crippen molar-refractivity contribution in [3.63, 3.8) is 0 Å². The summed E-state index contributed by atoms with van der Waals surface area (Å²) in [5.41, 5.74) is 9.49. The first-order valence-corrected chi connectivity index (χ1v) is 25.3. The maximum atomic E-state index is 13.4. The lowest BCUT2D eigenvalue weighted by molar-refractivity contribution is -0.132. The lowest BCUT2D eigenvalue weighted by atomic mass is 9.85. The topological polar surface area (TPSA) is 214 Å². The largest absolute Gasteiger partial charge is 0.444 e. The maximum absolute atomic E-state index is 13.4. The van der Waals surface area contributed by atoms with Crippen LogP contribution in [-0.4, -0.2) is 105 Å². The van der Waals surface area contributed by atoms with Gasteiger partial charge in [0.2, 0.25) is 11.8 Å². The van der Waals surface area contributed by atoms with Gasteiger partial charge < -0.3 is 31.0 Å². The third-order valence-corrected chi connectivity index (χ3v) is 13.0. The molecule has 0 unspecified atom stereocenters. The number of carbonyl (C=O) groups is 6. The van der Waals surface area contributed by atoms with Crippen LogP contribution in [-0.2, 0) is 41.5 Å². The fraction of sp³-hybridized carbons (Fsp3) is 0.448. The molecular weight excluding hydrogens is 939 g/mol. The average molecular weight is 1010 g/mol. The third kappa shape index (κ3) is 17.3. The summed E-state index contributed by atoms with van der Waals surface area (Å²) in [6.45, 7) is 21.9. The predicted octanol–water partition coefficient (Wildman–Crippen LogP) is 9.40. The molecule has 74 heavy (non-hydrogen) atoms. The number of benzene rings is 4. The van der Waals surface area contributed by atoms with E-state index in [1.807, 2.05) is 84.9 Å². The summed E-state index contributed by atoms with van der Waals surface area (Å²) in [5.74, 6) is -0.643. The van der Waals surface area contributed by atoms with Crippen LogP contribution in [0.5, 0.6) is 0 Å². The Kier molecular flexibility index (Phi) is 20.5. The van der Waals surface area contributed by atoms with Crippen molar-refractivity contribution in [1.82, 2.24) is 20.4 Å². The number of aryl methyl sites for hydroxylation is 2. The number of piperidine rings is 2. The first kappa shape index (κ1) is 57.4. The predicted molar refractivity (Wildman–Crippen MR) is 284 cm³/mol. The van der Waals surface area contributed by atoms with Crippen molar-refractivity contribution in [2.75, 3.05) is 13.1 Å². The van der Waals surface area contributed by atoms with E-state index in [0.717, 1.165) is 35.1 Å². The number of amidine groups is 1. The second-order valence-electron chi connectivity index (χ2n) is 21.0. The Labute approximate surface area is 435 Å². The molecule has 2 aliphatic rings. The van der Waals surface area contributed by atoms with E-state index in [4.69, 9.17) is 27.0 Å². The molecule has 4 aromatic carbocycles. The number of rotatable bonds is 15. The number of amides is 4. The number of hydrogen-bond acceptors (Lipinski definition) is 10. The Morgan fingerprint density at radius 2 is 1.03 bits per heavy atom. The molecule has 0 saturated carbocycles. The van der Waals surface area contributed by atoms with Gasteiger partial charge in [-0.1, -0.05) is 120 Å². The second-order valence-corrected chi connectivity index (χ2v) is 21.0. The molecule has 2 heterocycles. The number of nitrogens with zero attached hydrogens (tertiary/aromatic N) is 4. The Hall–Kier alpha value is -7.54. The summed E-state index contributed by atoms with van der Waals surface area (Å²) in [4.78, 5) is 84.7. The summed E-state index contributed by atoms with van der Waals surface area (Å²) in [6, 6.07) is 31.3. The first-order valence-electron chi connectivity index (χ1n) is 25.3. The summed E-state index contributed by atoms with van der Waals surface area (Å²) < 4.78 is 11.2. The minimum atomic E-state index is -0.745. The number of hydrogen-bond donors (Lipinski definition) is 4. The van der Waals surface area contributed by atoms with Crippen LogP contribution in [0.2, 0.25) is 0 Å². The molecule has 16 heteroatoms. The minimum absolute atomic E-state index is 0.0154. The van der Waals surface area contributed by atoms with E-state index in [1.165, 1.54) is 9.80 Å². The summed E-state index contributed by atoms with van der Waals surface area (Å²) in [6.07, 6.45) is 2.83. The standard InChI is InChI=1S/C29H38N4O5.C29H35N3O4/c1-19(25(34)15-12-20-10-13-22(14-11-20)26(30)32-37)31-27(35)24-18-23(21-8-6-5-7-9-21)16-17-33(24)28(36)38-29(2,3)4;1-20(26(33)16-13-21-11-14-24(30-5)15-12-21)31-27(34)25-19-23(22-9-7-6-8-10-22)17-18-32(25)28(35)36-29(2,3)4/h5-11,13-14,19,23-24,37H,12,15-18H2,1-4H3,(H2,30,32)(H,31,35);6-12,14-15,20,23,25H,13,16-19H2,1-4H3,(H,31,34)/t19-,23-,24+;20-,23-,25+/m00/s1. The molecule has 2 aliphatic heterocycles. The molecule has 0 bridgehead atoms. The van der Waals surface area contributed by atoms with Crippen molar-refractivity contribution in [3.8, 4) is 0 Å². The molecule has 6 rings (SSSR count). The van der Waals surface area contributed by atoms with Crippen molar-refractivity contribution in [1.29, 1.82) is 0 Å². The lowest BCUT2D eigenvalue weighted by Gasteiger charge is -2.39. The van der Waals surface area contributed by atoms with E-state index in [0.29, 0.717) is 50.0 Å². The number of ketones is 2. The maximum Gasteiger partial charge on any atom is 0.410 e. The van der Waals surface area contributed by atoms with Crippen LogP contribution in [0.3, 0.4) is 0 Å². The van der Waals surface area contributed by atoms with Crippen molar-refractivity contribution in [2.24, 2.45) is 10.9 Å². The molecule has 0 aromatic heterocycles. The molecule has 5 N–H and O–H groups in total. The first-order chi connectivity index (χ1) is 35.0. The zero-order chi connectivity index (χ0) is 54.2. The zero-order valence-corrected chi connectivity index (χ0v) is 44.0. The molecule has 2 fully saturated rings. The van der Waals surface area contributed by atoms with Crippen molar-refractivity contribution in [2.45, 2.75) is 154 Å². The van der Waals surface area contributed by atoms with Crippen LogP contribution in [0.4, 0.5) is 15.3 Å². The molecule has 16 nitrogen and oxygen atoms in total. The SMILES string of the molecule is C[C@H](NC(=O)[C@H]1C[C@@H](c2ccccc2)CCN1C(=O)OC(C)(C)C)C(=O)CCc1ccc(/C(N)=N/O)cc1.[C-]#[N+]c1ccc(CCC(=O)[C@H](C)NC(=O)[C@H]2C[C@@H](c3ccccc3)CCN2C(=O)OC(C)(C)C)cc1. The molecule has 0 aliphatic carbocycles. The van der Waals surface area contributed by atoms with Crippen LogP contribution >= 0.6 is 0 Å². The number of ether oxygens (including phenoxy) is 2. The zero-order valence-electron chi connectivity index (χ0n) is 44.0. The molecule has 6 atom stereocenters. The number of nitrogens with one attached hydrogen (secondary N) is 2. The van der Waals surface area contributed by atoms with Crippen molar-refractivity contribution in [3.05, 3.63) is 148 Å². The molecule has 0 spiro atoms. The van der Waals surface area contributed by atoms with Gasteiger partial charge in [-0.15, -0.1) is 0 Å². The van der Waals surface area contributed by atoms with Crippen molar-refractivity contribution >= 4 is 47.1 Å². The Balaban J connectivity index is 0.000000274. The van der Waals surface area contributed by atoms with Gasteiger partial charge >= 0.3 is 12.2 Å². The molecular formula is C58H73N7O9. The van der Waals surface area contributed by atoms with E-state index >= 15 is 0 Å². The number of oxime groups is 1. The van der Waals surface area contributed by atoms with Gasteiger partial charge in [0.05, 0.1) is 18.7 Å². The van der Waals surface area contributed by atoms with Crippen LogP contribution in [0, 0.1) is 6.57 Å². The molecule has 4 aromatic rings. The number of carbonyl (C=O) groups excluding carboxylic acids is 6. The van der Waals surface area contributed by atoms with Gasteiger partial charge in [-0.3, -0.25) is 29.0 Å². The van der Waals surface area contributed by atoms with Crippen LogP contribution < -0.4 is 16.4 Å². The van der Waals surface area contributed by atoms with Gasteiger partial charge in [0, 0.05) is 31.5 Å². The van der Waals surface area contributed by atoms with Crippen LogP contribution in [0.1, 0.15) is 134 Å². The van der Waals surface area contributed by atoms with E-state index < -0.39 is 47.6 Å². The highest BCUT2D eigenvalue weighted by molar-refractivity contribution is 5.97. The molecule has 394 valence electrons. The number of Topliss-reactive ketones (excluding diaryl/α,β-unsaturated/α-hetero) is 2. The quantitative estimate of drug-likeness (QED) is 0.0291. The summed E-state index contributed by atoms with van der Waals surface area (Å²) in [5, 5.41) is 17.4. The van der Waals surface area contributed by atoms with Crippen molar-refractivity contribution < 1.29 is 43.4 Å². The van der Waals surface area contributed by atoms with Gasteiger partial charge in [0.25, 0.3) is 0 Å². The Bertz CT molecular complexity index is 2600. The monoisotopic (exact) mass is 1010 g/mol. The highest BCUT2D eigenvalue weighted by Gasteiger charge is 2.41. The number of likely N-dealkylation sites (tertiary alicyclic amines) is 2. The summed E-state index contributed by atoms with van der Waals surface area (Å²) in [7, 11) is 0.